The first-order chi connectivity index (χ1) is 9.34. The van der Waals surface area contributed by atoms with Gasteiger partial charge in [-0.1, -0.05) is 24.3 Å². The van der Waals surface area contributed by atoms with E-state index >= 15 is 0 Å². The van der Waals surface area contributed by atoms with Gasteiger partial charge in [-0.3, -0.25) is 0 Å². The smallest absolute Gasteiger partial charge is 0.0119 e. The van der Waals surface area contributed by atoms with E-state index in [2.05, 4.69) is 41.4 Å². The quantitative estimate of drug-likeness (QED) is 0.877. The average molecular weight is 258 g/mol. The number of aryl methyl sites for hydroxylation is 1. The highest BCUT2D eigenvalue weighted by Crippen LogP contribution is 2.31. The molecule has 0 spiro atoms. The number of hydrogen-bond donors (Lipinski definition) is 1. The molecule has 0 unspecified atom stereocenters. The molecule has 2 nitrogen and oxygen atoms in total. The Morgan fingerprint density at radius 3 is 2.37 bits per heavy atom. The van der Waals surface area contributed by atoms with Crippen LogP contribution in [0.5, 0.6) is 0 Å². The van der Waals surface area contributed by atoms with Gasteiger partial charge in [-0.15, -0.1) is 0 Å². The number of piperidine rings is 2. The van der Waals surface area contributed by atoms with Gasteiger partial charge in [0.15, 0.2) is 0 Å². The van der Waals surface area contributed by atoms with Gasteiger partial charge in [0.25, 0.3) is 0 Å². The van der Waals surface area contributed by atoms with Crippen LogP contribution in [0.3, 0.4) is 0 Å². The first-order valence-corrected chi connectivity index (χ1v) is 7.85. The lowest BCUT2D eigenvalue weighted by Gasteiger charge is -2.39. The average Bonchev–Trinajstić information content (AvgIpc) is 2.49. The Bertz CT molecular complexity index is 401. The fraction of sp³-hybridized carbons (Fsp3) is 0.647. The third kappa shape index (κ3) is 3.01. The highest BCUT2D eigenvalue weighted by Gasteiger charge is 2.27. The summed E-state index contributed by atoms with van der Waals surface area (Å²) < 4.78 is 0. The van der Waals surface area contributed by atoms with Crippen molar-refractivity contribution in [2.24, 2.45) is 0 Å². The van der Waals surface area contributed by atoms with Crippen LogP contribution in [0.4, 0.5) is 0 Å². The zero-order valence-corrected chi connectivity index (χ0v) is 12.1. The molecule has 1 aromatic carbocycles. The summed E-state index contributed by atoms with van der Waals surface area (Å²) in [7, 11) is 0. The topological polar surface area (TPSA) is 15.3 Å². The monoisotopic (exact) mass is 258 g/mol. The Morgan fingerprint density at radius 1 is 1.00 bits per heavy atom. The van der Waals surface area contributed by atoms with Crippen LogP contribution >= 0.6 is 0 Å². The highest BCUT2D eigenvalue weighted by molar-refractivity contribution is 5.29. The van der Waals surface area contributed by atoms with E-state index in [1.165, 1.54) is 57.4 Å². The number of likely N-dealkylation sites (tertiary alicyclic amines) is 1. The third-order valence-corrected chi connectivity index (χ3v) is 4.98. The second kappa shape index (κ2) is 6.06. The molecule has 2 saturated heterocycles. The molecule has 2 heterocycles. The normalized spacial score (nSPS) is 23.6. The zero-order valence-electron chi connectivity index (χ0n) is 12.1. The minimum atomic E-state index is 0.791. The Morgan fingerprint density at radius 2 is 1.68 bits per heavy atom. The maximum atomic E-state index is 3.47. The SMILES string of the molecule is Cc1ccccc1C1CCN(C2CCNCC2)CC1. The molecule has 0 atom stereocenters. The standard InChI is InChI=1S/C17H26N2/c1-14-4-2-3-5-17(14)15-8-12-19(13-9-15)16-6-10-18-11-7-16/h2-5,15-16,18H,6-13H2,1H3. The van der Waals surface area contributed by atoms with Crippen molar-refractivity contribution in [1.29, 1.82) is 0 Å². The van der Waals surface area contributed by atoms with Gasteiger partial charge in [-0.2, -0.15) is 0 Å². The van der Waals surface area contributed by atoms with Crippen LogP contribution in [0.2, 0.25) is 0 Å². The second-order valence-electron chi connectivity index (χ2n) is 6.15. The van der Waals surface area contributed by atoms with E-state index in [-0.39, 0.29) is 0 Å². The van der Waals surface area contributed by atoms with E-state index in [9.17, 15) is 0 Å². The summed E-state index contributed by atoms with van der Waals surface area (Å²) in [6.07, 6.45) is 5.37. The molecule has 19 heavy (non-hydrogen) atoms. The lowest BCUT2D eigenvalue weighted by atomic mass is 9.86. The molecule has 0 aromatic heterocycles. The first-order valence-electron chi connectivity index (χ1n) is 7.85. The second-order valence-corrected chi connectivity index (χ2v) is 6.15. The van der Waals surface area contributed by atoms with Crippen molar-refractivity contribution in [3.8, 4) is 0 Å². The Hall–Kier alpha value is -0.860. The predicted octanol–water partition coefficient (Wildman–Crippen LogP) is 2.93. The van der Waals surface area contributed by atoms with Gasteiger partial charge in [-0.25, -0.2) is 0 Å². The molecule has 3 rings (SSSR count). The van der Waals surface area contributed by atoms with Crippen molar-refractivity contribution < 1.29 is 0 Å². The van der Waals surface area contributed by atoms with Gasteiger partial charge < -0.3 is 10.2 Å². The van der Waals surface area contributed by atoms with Crippen molar-refractivity contribution in [2.75, 3.05) is 26.2 Å². The molecule has 0 amide bonds. The minimum Gasteiger partial charge on any atom is -0.317 e. The molecule has 2 heteroatoms. The van der Waals surface area contributed by atoms with Crippen molar-refractivity contribution in [1.82, 2.24) is 10.2 Å². The van der Waals surface area contributed by atoms with E-state index < -0.39 is 0 Å². The van der Waals surface area contributed by atoms with Crippen LogP contribution < -0.4 is 5.32 Å². The van der Waals surface area contributed by atoms with Gasteiger partial charge in [0.05, 0.1) is 0 Å². The molecule has 104 valence electrons. The molecule has 2 aliphatic rings. The third-order valence-electron chi connectivity index (χ3n) is 4.98. The first kappa shape index (κ1) is 13.1. The lowest BCUT2D eigenvalue weighted by molar-refractivity contribution is 0.127. The number of nitrogens with zero attached hydrogens (tertiary/aromatic N) is 1. The van der Waals surface area contributed by atoms with E-state index in [1.54, 1.807) is 5.56 Å². The van der Waals surface area contributed by atoms with Crippen molar-refractivity contribution >= 4 is 0 Å². The van der Waals surface area contributed by atoms with Crippen LogP contribution in [-0.2, 0) is 0 Å². The van der Waals surface area contributed by atoms with Crippen LogP contribution in [0.25, 0.3) is 0 Å². The lowest BCUT2D eigenvalue weighted by Crippen LogP contribution is -2.46. The summed E-state index contributed by atoms with van der Waals surface area (Å²) in [6.45, 7) is 7.27. The van der Waals surface area contributed by atoms with Crippen LogP contribution in [0.1, 0.15) is 42.7 Å². The van der Waals surface area contributed by atoms with Crippen molar-refractivity contribution in [2.45, 2.75) is 44.6 Å². The van der Waals surface area contributed by atoms with Crippen LogP contribution in [0.15, 0.2) is 24.3 Å². The Kier molecular flexibility index (Phi) is 4.19. The molecular weight excluding hydrogens is 232 g/mol. The van der Waals surface area contributed by atoms with Crippen molar-refractivity contribution in [3.05, 3.63) is 35.4 Å². The molecule has 0 radical (unpaired) electrons. The summed E-state index contributed by atoms with van der Waals surface area (Å²) in [5, 5.41) is 3.47. The largest absolute Gasteiger partial charge is 0.317 e. The highest BCUT2D eigenvalue weighted by atomic mass is 15.2. The molecule has 1 N–H and O–H groups in total. The molecule has 0 saturated carbocycles. The zero-order chi connectivity index (χ0) is 13.1. The molecule has 0 aliphatic carbocycles. The number of hydrogen-bond acceptors (Lipinski definition) is 2. The van der Waals surface area contributed by atoms with E-state index in [1.807, 2.05) is 0 Å². The Labute approximate surface area is 117 Å². The number of benzene rings is 1. The summed E-state index contributed by atoms with van der Waals surface area (Å²) in [5.74, 6) is 0.791. The van der Waals surface area contributed by atoms with Gasteiger partial charge in [0.1, 0.15) is 0 Å². The Balaban J connectivity index is 1.58. The van der Waals surface area contributed by atoms with E-state index in [4.69, 9.17) is 0 Å². The molecule has 1 aromatic rings. The molecule has 0 bridgehead atoms. The number of rotatable bonds is 2. The number of nitrogens with one attached hydrogen (secondary N) is 1. The molecular formula is C17H26N2. The fourth-order valence-electron chi connectivity index (χ4n) is 3.79. The maximum absolute atomic E-state index is 3.47. The minimum absolute atomic E-state index is 0.791. The van der Waals surface area contributed by atoms with E-state index in [0.29, 0.717) is 0 Å². The van der Waals surface area contributed by atoms with E-state index in [0.717, 1.165) is 12.0 Å². The molecule has 2 aliphatic heterocycles. The summed E-state index contributed by atoms with van der Waals surface area (Å²) >= 11 is 0. The van der Waals surface area contributed by atoms with Crippen molar-refractivity contribution in [3.63, 3.8) is 0 Å². The van der Waals surface area contributed by atoms with Gasteiger partial charge >= 0.3 is 0 Å². The van der Waals surface area contributed by atoms with Gasteiger partial charge in [0, 0.05) is 6.04 Å². The summed E-state index contributed by atoms with van der Waals surface area (Å²) in [5.41, 5.74) is 3.07. The summed E-state index contributed by atoms with van der Waals surface area (Å²) in [4.78, 5) is 2.75. The van der Waals surface area contributed by atoms with Gasteiger partial charge in [0.2, 0.25) is 0 Å². The van der Waals surface area contributed by atoms with Gasteiger partial charge in [-0.05, 0) is 75.8 Å². The summed E-state index contributed by atoms with van der Waals surface area (Å²) in [6, 6.07) is 9.79. The fourth-order valence-corrected chi connectivity index (χ4v) is 3.79. The molecule has 2 fully saturated rings. The van der Waals surface area contributed by atoms with Crippen LogP contribution in [-0.4, -0.2) is 37.1 Å². The predicted molar refractivity (Wildman–Crippen MR) is 80.6 cm³/mol. The maximum Gasteiger partial charge on any atom is 0.0119 e. The van der Waals surface area contributed by atoms with Crippen LogP contribution in [0, 0.1) is 6.92 Å².